The van der Waals surface area contributed by atoms with Gasteiger partial charge in [0.2, 0.25) is 0 Å². The fraction of sp³-hybridized carbons (Fsp3) is 0.333. The van der Waals surface area contributed by atoms with Gasteiger partial charge in [-0.25, -0.2) is 9.78 Å². The Balaban J connectivity index is 2.28. The quantitative estimate of drug-likeness (QED) is 0.658. The molecule has 3 rings (SSSR count). The maximum absolute atomic E-state index is 12.0. The minimum Gasteiger partial charge on any atom is -0.479 e. The van der Waals surface area contributed by atoms with E-state index in [4.69, 9.17) is 4.74 Å². The van der Waals surface area contributed by atoms with Crippen LogP contribution in [-0.2, 0) is 9.53 Å². The SMILES string of the molecule is Cc1ccc(-c2c(C(OC(C)(C)C)C(=O)O)cnc3sc(C)cc23)cc1. The summed E-state index contributed by atoms with van der Waals surface area (Å²) in [6.45, 7) is 9.63. The monoisotopic (exact) mass is 369 g/mol. The molecule has 0 spiro atoms. The first-order valence-corrected chi connectivity index (χ1v) is 9.34. The molecule has 3 aromatic rings. The Morgan fingerprint density at radius 2 is 1.85 bits per heavy atom. The molecule has 0 fully saturated rings. The molecule has 1 N–H and O–H groups in total. The third kappa shape index (κ3) is 3.79. The number of ether oxygens (including phenoxy) is 1. The lowest BCUT2D eigenvalue weighted by Gasteiger charge is -2.26. The number of aliphatic carboxylic acids is 1. The van der Waals surface area contributed by atoms with Crippen molar-refractivity contribution in [1.29, 1.82) is 0 Å². The van der Waals surface area contributed by atoms with Crippen molar-refractivity contribution in [3.05, 3.63) is 52.5 Å². The molecule has 0 aliphatic carbocycles. The van der Waals surface area contributed by atoms with Crippen LogP contribution in [0, 0.1) is 13.8 Å². The van der Waals surface area contributed by atoms with Crippen molar-refractivity contribution in [3.63, 3.8) is 0 Å². The number of benzene rings is 1. The van der Waals surface area contributed by atoms with E-state index in [1.165, 1.54) is 0 Å². The first-order chi connectivity index (χ1) is 12.2. The lowest BCUT2D eigenvalue weighted by atomic mass is 9.94. The Labute approximate surface area is 157 Å². The number of carbonyl (C=O) groups is 1. The molecule has 0 saturated carbocycles. The second-order valence-corrected chi connectivity index (χ2v) is 8.71. The largest absolute Gasteiger partial charge is 0.479 e. The van der Waals surface area contributed by atoms with Crippen molar-refractivity contribution >= 4 is 27.5 Å². The number of rotatable bonds is 4. The average molecular weight is 369 g/mol. The van der Waals surface area contributed by atoms with Crippen LogP contribution in [0.1, 0.15) is 42.9 Å². The summed E-state index contributed by atoms with van der Waals surface area (Å²) < 4.78 is 5.89. The van der Waals surface area contributed by atoms with Gasteiger partial charge in [0, 0.05) is 22.0 Å². The number of hydrogen-bond donors (Lipinski definition) is 1. The molecule has 26 heavy (non-hydrogen) atoms. The van der Waals surface area contributed by atoms with Crippen LogP contribution in [0.4, 0.5) is 0 Å². The van der Waals surface area contributed by atoms with Crippen LogP contribution < -0.4 is 0 Å². The van der Waals surface area contributed by atoms with Gasteiger partial charge in [-0.15, -0.1) is 11.3 Å². The molecule has 1 atom stereocenters. The van der Waals surface area contributed by atoms with Crippen molar-refractivity contribution in [2.24, 2.45) is 0 Å². The van der Waals surface area contributed by atoms with Gasteiger partial charge >= 0.3 is 5.97 Å². The van der Waals surface area contributed by atoms with E-state index >= 15 is 0 Å². The number of aromatic nitrogens is 1. The van der Waals surface area contributed by atoms with Crippen molar-refractivity contribution in [2.45, 2.75) is 46.3 Å². The molecule has 136 valence electrons. The van der Waals surface area contributed by atoms with Crippen molar-refractivity contribution in [1.82, 2.24) is 4.98 Å². The van der Waals surface area contributed by atoms with Gasteiger partial charge in [0.05, 0.1) is 5.60 Å². The van der Waals surface area contributed by atoms with Crippen molar-refractivity contribution in [3.8, 4) is 11.1 Å². The maximum Gasteiger partial charge on any atom is 0.337 e. The number of hydrogen-bond acceptors (Lipinski definition) is 4. The number of pyridine rings is 1. The number of carboxylic acid groups (broad SMARTS) is 1. The van der Waals surface area contributed by atoms with Gasteiger partial charge < -0.3 is 9.84 Å². The fourth-order valence-corrected chi connectivity index (χ4v) is 3.82. The van der Waals surface area contributed by atoms with E-state index in [0.717, 1.165) is 31.8 Å². The van der Waals surface area contributed by atoms with Crippen LogP contribution in [0.25, 0.3) is 21.3 Å². The second-order valence-electron chi connectivity index (χ2n) is 7.48. The van der Waals surface area contributed by atoms with Crippen LogP contribution in [0.5, 0.6) is 0 Å². The summed E-state index contributed by atoms with van der Waals surface area (Å²) >= 11 is 1.61. The van der Waals surface area contributed by atoms with Crippen LogP contribution in [0.3, 0.4) is 0 Å². The molecule has 1 aromatic carbocycles. The van der Waals surface area contributed by atoms with E-state index in [1.54, 1.807) is 17.5 Å². The summed E-state index contributed by atoms with van der Waals surface area (Å²) in [7, 11) is 0. The van der Waals surface area contributed by atoms with Gasteiger partial charge in [0.25, 0.3) is 0 Å². The lowest BCUT2D eigenvalue weighted by molar-refractivity contribution is -0.160. The van der Waals surface area contributed by atoms with E-state index in [9.17, 15) is 9.90 Å². The van der Waals surface area contributed by atoms with Gasteiger partial charge in [-0.2, -0.15) is 0 Å². The first-order valence-electron chi connectivity index (χ1n) is 8.52. The molecule has 0 amide bonds. The molecule has 0 radical (unpaired) electrons. The highest BCUT2D eigenvalue weighted by Gasteiger charge is 2.30. The van der Waals surface area contributed by atoms with Crippen molar-refractivity contribution < 1.29 is 14.6 Å². The predicted molar refractivity (Wildman–Crippen MR) is 106 cm³/mol. The normalized spacial score (nSPS) is 13.1. The highest BCUT2D eigenvalue weighted by atomic mass is 32.1. The van der Waals surface area contributed by atoms with Crippen LogP contribution >= 0.6 is 11.3 Å². The molecule has 0 aliphatic rings. The van der Waals surface area contributed by atoms with Gasteiger partial charge in [0.1, 0.15) is 4.83 Å². The fourth-order valence-electron chi connectivity index (χ4n) is 2.97. The average Bonchev–Trinajstić information content (AvgIpc) is 2.92. The summed E-state index contributed by atoms with van der Waals surface area (Å²) in [5.74, 6) is -1.01. The zero-order valence-electron chi connectivity index (χ0n) is 15.7. The number of nitrogens with zero attached hydrogens (tertiary/aromatic N) is 1. The Morgan fingerprint density at radius 3 is 2.42 bits per heavy atom. The van der Waals surface area contributed by atoms with E-state index in [0.29, 0.717) is 5.56 Å². The molecule has 2 aromatic heterocycles. The highest BCUT2D eigenvalue weighted by molar-refractivity contribution is 7.18. The smallest absolute Gasteiger partial charge is 0.337 e. The molecule has 0 bridgehead atoms. The Kier molecular flexibility index (Phi) is 4.86. The zero-order chi connectivity index (χ0) is 19.1. The minimum absolute atomic E-state index is 0.585. The number of fused-ring (bicyclic) bond motifs is 1. The molecule has 5 heteroatoms. The molecule has 4 nitrogen and oxygen atoms in total. The molecule has 2 heterocycles. The third-order valence-corrected chi connectivity index (χ3v) is 4.99. The predicted octanol–water partition coefficient (Wildman–Crippen LogP) is 5.52. The highest BCUT2D eigenvalue weighted by Crippen LogP contribution is 2.39. The summed E-state index contributed by atoms with van der Waals surface area (Å²) in [5, 5.41) is 10.8. The summed E-state index contributed by atoms with van der Waals surface area (Å²) in [6, 6.07) is 10.2. The van der Waals surface area contributed by atoms with Gasteiger partial charge in [-0.05, 0) is 51.8 Å². The summed E-state index contributed by atoms with van der Waals surface area (Å²) in [4.78, 5) is 18.6. The van der Waals surface area contributed by atoms with E-state index < -0.39 is 17.7 Å². The van der Waals surface area contributed by atoms with Crippen molar-refractivity contribution in [2.75, 3.05) is 0 Å². The Bertz CT molecular complexity index is 952. The molecular weight excluding hydrogens is 346 g/mol. The minimum atomic E-state index is -1.08. The summed E-state index contributed by atoms with van der Waals surface area (Å²) in [6.07, 6.45) is 0.571. The molecular formula is C21H23NO3S. The first kappa shape index (κ1) is 18.5. The zero-order valence-corrected chi connectivity index (χ0v) is 16.5. The van der Waals surface area contributed by atoms with Crippen LogP contribution in [0.15, 0.2) is 36.5 Å². The molecule has 0 saturated heterocycles. The Morgan fingerprint density at radius 1 is 1.19 bits per heavy atom. The number of thiophene rings is 1. The number of aryl methyl sites for hydroxylation is 2. The van der Waals surface area contributed by atoms with E-state index in [2.05, 4.69) is 11.1 Å². The number of carboxylic acids is 1. The lowest BCUT2D eigenvalue weighted by Crippen LogP contribution is -2.27. The summed E-state index contributed by atoms with van der Waals surface area (Å²) in [5.41, 5.74) is 3.01. The topological polar surface area (TPSA) is 59.4 Å². The van der Waals surface area contributed by atoms with Crippen LogP contribution in [-0.4, -0.2) is 21.7 Å². The Hall–Kier alpha value is -2.24. The van der Waals surface area contributed by atoms with Gasteiger partial charge in [-0.3, -0.25) is 0 Å². The molecule has 0 aliphatic heterocycles. The maximum atomic E-state index is 12.0. The standard InChI is InChI=1S/C21H23NO3S/c1-12-6-8-14(9-7-12)17-15-10-13(2)26-19(15)22-11-16(17)18(20(23)24)25-21(3,4)5/h6-11,18H,1-5H3,(H,23,24). The van der Waals surface area contributed by atoms with E-state index in [-0.39, 0.29) is 0 Å². The molecule has 1 unspecified atom stereocenters. The second kappa shape index (κ2) is 6.82. The van der Waals surface area contributed by atoms with Gasteiger partial charge in [-0.1, -0.05) is 29.8 Å². The third-order valence-electron chi connectivity index (χ3n) is 4.03. The van der Waals surface area contributed by atoms with Crippen LogP contribution in [0.2, 0.25) is 0 Å². The van der Waals surface area contributed by atoms with Gasteiger partial charge in [0.15, 0.2) is 6.10 Å². The van der Waals surface area contributed by atoms with E-state index in [1.807, 2.05) is 58.9 Å².